The first kappa shape index (κ1) is 14.7. The quantitative estimate of drug-likeness (QED) is 0.860. The lowest BCUT2D eigenvalue weighted by Gasteiger charge is -2.29. The Morgan fingerprint density at radius 1 is 1.50 bits per heavy atom. The summed E-state index contributed by atoms with van der Waals surface area (Å²) in [6, 6.07) is 1.57. The molecule has 0 unspecified atom stereocenters. The number of hydrogen-bond acceptors (Lipinski definition) is 5. The fraction of sp³-hybridized carbons (Fsp3) is 0.500. The number of sulfonamides is 1. The molecule has 1 aliphatic heterocycles. The Morgan fingerprint density at radius 2 is 2.25 bits per heavy atom. The molecular weight excluding hydrogens is 282 g/mol. The summed E-state index contributed by atoms with van der Waals surface area (Å²) < 4.78 is 31.0. The second-order valence-electron chi connectivity index (χ2n) is 4.68. The molecule has 0 spiro atoms. The minimum atomic E-state index is -3.61. The van der Waals surface area contributed by atoms with Crippen LogP contribution in [0.5, 0.6) is 0 Å². The van der Waals surface area contributed by atoms with Crippen LogP contribution in [0.1, 0.15) is 13.8 Å². The molecule has 20 heavy (non-hydrogen) atoms. The highest BCUT2D eigenvalue weighted by Gasteiger charge is 2.30. The molecule has 0 aliphatic carbocycles. The zero-order chi connectivity index (χ0) is 14.8. The van der Waals surface area contributed by atoms with Crippen LogP contribution in [0.3, 0.4) is 0 Å². The number of hydrogen-bond donors (Lipinski definition) is 1. The minimum Gasteiger partial charge on any atom is -0.378 e. The van der Waals surface area contributed by atoms with E-state index in [9.17, 15) is 13.2 Å². The average molecular weight is 299 g/mol. The van der Waals surface area contributed by atoms with Crippen LogP contribution in [-0.2, 0) is 19.6 Å². The maximum Gasteiger partial charge on any atom is 0.245 e. The fourth-order valence-corrected chi connectivity index (χ4v) is 3.15. The number of carbonyl (C=O) groups excluding carboxylic acids is 1. The third-order valence-corrected chi connectivity index (χ3v) is 4.44. The molecule has 0 radical (unpaired) electrons. The summed E-state index contributed by atoms with van der Waals surface area (Å²) in [6.45, 7) is 3.55. The Bertz CT molecular complexity index is 600. The van der Waals surface area contributed by atoms with Crippen LogP contribution >= 0.6 is 0 Å². The third-order valence-electron chi connectivity index (χ3n) is 2.76. The van der Waals surface area contributed by atoms with Crippen LogP contribution in [-0.4, -0.2) is 44.3 Å². The first-order valence-corrected chi connectivity index (χ1v) is 7.87. The van der Waals surface area contributed by atoms with Crippen molar-refractivity contribution in [2.75, 3.05) is 28.5 Å². The summed E-state index contributed by atoms with van der Waals surface area (Å²) in [5, 5.41) is 2.60. The average Bonchev–Trinajstić information content (AvgIpc) is 2.37. The van der Waals surface area contributed by atoms with Crippen LogP contribution in [0.4, 0.5) is 11.4 Å². The monoisotopic (exact) mass is 299 g/mol. The molecule has 2 rings (SSSR count). The predicted octanol–water partition coefficient (Wildman–Crippen LogP) is 0.595. The maximum absolute atomic E-state index is 12.3. The van der Waals surface area contributed by atoms with E-state index < -0.39 is 10.0 Å². The number of ether oxygens (including phenoxy) is 1. The highest BCUT2D eigenvalue weighted by molar-refractivity contribution is 7.92. The van der Waals surface area contributed by atoms with Crippen LogP contribution < -0.4 is 9.62 Å². The van der Waals surface area contributed by atoms with E-state index >= 15 is 0 Å². The Kier molecular flexibility index (Phi) is 4.24. The van der Waals surface area contributed by atoms with Gasteiger partial charge >= 0.3 is 0 Å². The molecule has 0 saturated carbocycles. The van der Waals surface area contributed by atoms with Crippen molar-refractivity contribution in [1.29, 1.82) is 0 Å². The van der Waals surface area contributed by atoms with Gasteiger partial charge in [0.2, 0.25) is 15.9 Å². The number of nitrogens with one attached hydrogen (secondary N) is 1. The molecular formula is C12H17N3O4S. The molecule has 1 aliphatic rings. The van der Waals surface area contributed by atoms with E-state index in [2.05, 4.69) is 10.3 Å². The minimum absolute atomic E-state index is 0.0358. The van der Waals surface area contributed by atoms with Gasteiger partial charge in [-0.15, -0.1) is 0 Å². The lowest BCUT2D eigenvalue weighted by Crippen LogP contribution is -2.43. The molecule has 0 aromatic carbocycles. The van der Waals surface area contributed by atoms with Gasteiger partial charge < -0.3 is 10.1 Å². The summed E-state index contributed by atoms with van der Waals surface area (Å²) in [5.74, 6) is -0.543. The van der Waals surface area contributed by atoms with Crippen molar-refractivity contribution in [2.45, 2.75) is 20.0 Å². The molecule has 0 saturated heterocycles. The Hall–Kier alpha value is -1.67. The summed E-state index contributed by atoms with van der Waals surface area (Å²) in [5.41, 5.74) is 0.834. The molecule has 0 fully saturated rings. The molecule has 1 aromatic rings. The molecule has 110 valence electrons. The van der Waals surface area contributed by atoms with E-state index in [0.717, 1.165) is 4.31 Å². The third kappa shape index (κ3) is 3.26. The number of nitrogens with zero attached hydrogens (tertiary/aromatic N) is 2. The number of amides is 1. The van der Waals surface area contributed by atoms with E-state index in [1.165, 1.54) is 12.4 Å². The van der Waals surface area contributed by atoms with Gasteiger partial charge in [-0.05, 0) is 19.9 Å². The van der Waals surface area contributed by atoms with Gasteiger partial charge in [0.25, 0.3) is 0 Å². The second-order valence-corrected chi connectivity index (χ2v) is 6.70. The first-order valence-electron chi connectivity index (χ1n) is 6.26. The molecule has 0 bridgehead atoms. The number of aromatic nitrogens is 1. The number of rotatable bonds is 5. The van der Waals surface area contributed by atoms with Crippen LogP contribution in [0.25, 0.3) is 0 Å². The van der Waals surface area contributed by atoms with Gasteiger partial charge in [0, 0.05) is 6.20 Å². The van der Waals surface area contributed by atoms with Gasteiger partial charge in [0.15, 0.2) is 0 Å². The smallest absolute Gasteiger partial charge is 0.245 e. The summed E-state index contributed by atoms with van der Waals surface area (Å²) in [6.07, 6.45) is 2.88. The standard InChI is InChI=1S/C12H17N3O4S/c1-9(2)19-5-6-20(17,18)15-8-12(16)14-10-7-13-4-3-11(10)15/h3-4,7,9H,5-6,8H2,1-2H3,(H,14,16). The van der Waals surface area contributed by atoms with Crippen molar-refractivity contribution in [3.05, 3.63) is 18.5 Å². The highest BCUT2D eigenvalue weighted by Crippen LogP contribution is 2.30. The number of fused-ring (bicyclic) bond motifs is 1. The highest BCUT2D eigenvalue weighted by atomic mass is 32.2. The molecule has 1 N–H and O–H groups in total. The largest absolute Gasteiger partial charge is 0.378 e. The van der Waals surface area contributed by atoms with Gasteiger partial charge in [-0.25, -0.2) is 8.42 Å². The van der Waals surface area contributed by atoms with E-state index in [1.807, 2.05) is 13.8 Å². The van der Waals surface area contributed by atoms with E-state index in [-0.39, 0.29) is 30.9 Å². The Balaban J connectivity index is 2.21. The molecule has 1 aromatic heterocycles. The van der Waals surface area contributed by atoms with Crippen molar-refractivity contribution in [3.63, 3.8) is 0 Å². The maximum atomic E-state index is 12.3. The van der Waals surface area contributed by atoms with Gasteiger partial charge in [-0.2, -0.15) is 0 Å². The van der Waals surface area contributed by atoms with Gasteiger partial charge in [-0.1, -0.05) is 0 Å². The number of carbonyl (C=O) groups is 1. The van der Waals surface area contributed by atoms with Crippen molar-refractivity contribution in [2.24, 2.45) is 0 Å². The van der Waals surface area contributed by atoms with Gasteiger partial charge in [0.05, 0.1) is 36.0 Å². The van der Waals surface area contributed by atoms with Crippen LogP contribution in [0.2, 0.25) is 0 Å². The molecule has 2 heterocycles. The summed E-state index contributed by atoms with van der Waals surface area (Å²) in [7, 11) is -3.61. The summed E-state index contributed by atoms with van der Waals surface area (Å²) in [4.78, 5) is 15.5. The molecule has 8 heteroatoms. The normalized spacial score (nSPS) is 15.2. The lowest BCUT2D eigenvalue weighted by atomic mass is 10.3. The van der Waals surface area contributed by atoms with Crippen molar-refractivity contribution >= 4 is 27.3 Å². The van der Waals surface area contributed by atoms with Crippen molar-refractivity contribution in [1.82, 2.24) is 4.98 Å². The summed E-state index contributed by atoms with van der Waals surface area (Å²) >= 11 is 0. The van der Waals surface area contributed by atoms with Gasteiger partial charge in [0.1, 0.15) is 6.54 Å². The fourth-order valence-electron chi connectivity index (χ4n) is 1.85. The predicted molar refractivity (Wildman–Crippen MR) is 75.1 cm³/mol. The zero-order valence-corrected chi connectivity index (χ0v) is 12.2. The molecule has 7 nitrogen and oxygen atoms in total. The molecule has 0 atom stereocenters. The van der Waals surface area contributed by atoms with Crippen molar-refractivity contribution in [3.8, 4) is 0 Å². The number of pyridine rings is 1. The van der Waals surface area contributed by atoms with E-state index in [0.29, 0.717) is 11.4 Å². The molecule has 1 amide bonds. The van der Waals surface area contributed by atoms with Gasteiger partial charge in [-0.3, -0.25) is 14.1 Å². The Morgan fingerprint density at radius 3 is 2.95 bits per heavy atom. The van der Waals surface area contributed by atoms with Crippen LogP contribution in [0, 0.1) is 0 Å². The van der Waals surface area contributed by atoms with Crippen molar-refractivity contribution < 1.29 is 17.9 Å². The topological polar surface area (TPSA) is 88.6 Å². The van der Waals surface area contributed by atoms with E-state index in [1.54, 1.807) is 6.07 Å². The first-order chi connectivity index (χ1) is 9.40. The van der Waals surface area contributed by atoms with Crippen LogP contribution in [0.15, 0.2) is 18.5 Å². The number of anilines is 2. The lowest BCUT2D eigenvalue weighted by molar-refractivity contribution is -0.115. The zero-order valence-electron chi connectivity index (χ0n) is 11.4. The van der Waals surface area contributed by atoms with E-state index in [4.69, 9.17) is 4.74 Å². The SMILES string of the molecule is CC(C)OCCS(=O)(=O)N1CC(=O)Nc2cnccc21. The second kappa shape index (κ2) is 5.76. The Labute approximate surface area is 118 Å².